The highest BCUT2D eigenvalue weighted by atomic mass is 127. The molecule has 0 aliphatic heterocycles. The van der Waals surface area contributed by atoms with Gasteiger partial charge in [-0.25, -0.2) is 4.98 Å². The zero-order valence-electron chi connectivity index (χ0n) is 14.8. The molecular formula is C18H27IN4S. The summed E-state index contributed by atoms with van der Waals surface area (Å²) in [6.07, 6.45) is 0.915. The molecule has 132 valence electrons. The second-order valence-corrected chi connectivity index (χ2v) is 6.86. The van der Waals surface area contributed by atoms with Crippen LogP contribution in [-0.2, 0) is 6.42 Å². The van der Waals surface area contributed by atoms with E-state index >= 15 is 0 Å². The largest absolute Gasteiger partial charge is 0.356 e. The Morgan fingerprint density at radius 1 is 1.21 bits per heavy atom. The third kappa shape index (κ3) is 6.76. The van der Waals surface area contributed by atoms with E-state index in [1.807, 2.05) is 6.92 Å². The number of hydrogen-bond donors (Lipinski definition) is 2. The molecule has 0 saturated heterocycles. The fourth-order valence-corrected chi connectivity index (χ4v) is 2.96. The number of aromatic nitrogens is 1. The molecule has 1 aromatic carbocycles. The van der Waals surface area contributed by atoms with Gasteiger partial charge in [0.05, 0.1) is 10.7 Å². The highest BCUT2D eigenvalue weighted by Crippen LogP contribution is 2.14. The summed E-state index contributed by atoms with van der Waals surface area (Å²) in [5, 5.41) is 9.98. The molecule has 1 unspecified atom stereocenters. The number of aliphatic imine (C=N–C) groups is 1. The van der Waals surface area contributed by atoms with Gasteiger partial charge >= 0.3 is 0 Å². The third-order valence-electron chi connectivity index (χ3n) is 3.79. The fourth-order valence-electron chi connectivity index (χ4n) is 2.32. The van der Waals surface area contributed by atoms with Crippen molar-refractivity contribution in [2.75, 3.05) is 20.1 Å². The standard InChI is InChI=1S/C18H26N4S.HI/c1-13-5-7-16(8-6-13)14(2)11-21-18(19-4)20-10-9-17-12-23-15(3)22-17;/h5-8,12,14H,9-11H2,1-4H3,(H2,19,20,21);1H. The first-order chi connectivity index (χ1) is 11.1. The quantitative estimate of drug-likeness (QED) is 0.393. The molecule has 0 spiro atoms. The summed E-state index contributed by atoms with van der Waals surface area (Å²) in [7, 11) is 1.80. The van der Waals surface area contributed by atoms with Gasteiger partial charge in [0, 0.05) is 31.9 Å². The van der Waals surface area contributed by atoms with Crippen LogP contribution in [0.2, 0.25) is 0 Å². The molecule has 1 heterocycles. The van der Waals surface area contributed by atoms with Crippen LogP contribution >= 0.6 is 35.3 Å². The zero-order valence-corrected chi connectivity index (χ0v) is 17.9. The Morgan fingerprint density at radius 2 is 1.92 bits per heavy atom. The van der Waals surface area contributed by atoms with Gasteiger partial charge in [0.15, 0.2) is 5.96 Å². The summed E-state index contributed by atoms with van der Waals surface area (Å²) in [6.45, 7) is 8.07. The minimum Gasteiger partial charge on any atom is -0.356 e. The van der Waals surface area contributed by atoms with E-state index in [1.165, 1.54) is 11.1 Å². The summed E-state index contributed by atoms with van der Waals surface area (Å²) >= 11 is 1.70. The Morgan fingerprint density at radius 3 is 2.50 bits per heavy atom. The lowest BCUT2D eigenvalue weighted by Crippen LogP contribution is -2.39. The van der Waals surface area contributed by atoms with Gasteiger partial charge in [-0.2, -0.15) is 0 Å². The Balaban J connectivity index is 0.00000288. The van der Waals surface area contributed by atoms with Crippen molar-refractivity contribution in [2.24, 2.45) is 4.99 Å². The molecule has 0 aliphatic rings. The van der Waals surface area contributed by atoms with Crippen molar-refractivity contribution >= 4 is 41.3 Å². The maximum atomic E-state index is 4.47. The van der Waals surface area contributed by atoms with Crippen LogP contribution in [0.4, 0.5) is 0 Å². The summed E-state index contributed by atoms with van der Waals surface area (Å²) in [6, 6.07) is 8.72. The average molecular weight is 458 g/mol. The zero-order chi connectivity index (χ0) is 16.7. The Labute approximate surface area is 166 Å². The predicted molar refractivity (Wildman–Crippen MR) is 115 cm³/mol. The topological polar surface area (TPSA) is 49.3 Å². The highest BCUT2D eigenvalue weighted by Gasteiger charge is 2.06. The van der Waals surface area contributed by atoms with Crippen LogP contribution < -0.4 is 10.6 Å². The SMILES string of the molecule is CN=C(NCCc1csc(C)n1)NCC(C)c1ccc(C)cc1.I. The smallest absolute Gasteiger partial charge is 0.191 e. The second-order valence-electron chi connectivity index (χ2n) is 5.80. The Hall–Kier alpha value is -1.15. The molecule has 0 amide bonds. The number of nitrogens with one attached hydrogen (secondary N) is 2. The lowest BCUT2D eigenvalue weighted by Gasteiger charge is -2.16. The molecule has 24 heavy (non-hydrogen) atoms. The lowest BCUT2D eigenvalue weighted by atomic mass is 10.0. The van der Waals surface area contributed by atoms with Crippen LogP contribution in [0.3, 0.4) is 0 Å². The van der Waals surface area contributed by atoms with Crippen molar-refractivity contribution in [1.29, 1.82) is 0 Å². The number of guanidine groups is 1. The normalized spacial score (nSPS) is 12.4. The van der Waals surface area contributed by atoms with E-state index in [0.717, 1.165) is 36.2 Å². The molecular weight excluding hydrogens is 431 g/mol. The molecule has 0 aliphatic carbocycles. The number of nitrogens with zero attached hydrogens (tertiary/aromatic N) is 2. The van der Waals surface area contributed by atoms with Gasteiger partial charge in [-0.3, -0.25) is 4.99 Å². The van der Waals surface area contributed by atoms with E-state index < -0.39 is 0 Å². The van der Waals surface area contributed by atoms with Crippen molar-refractivity contribution in [3.63, 3.8) is 0 Å². The minimum absolute atomic E-state index is 0. The molecule has 1 atom stereocenters. The third-order valence-corrected chi connectivity index (χ3v) is 4.61. The molecule has 2 rings (SSSR count). The van der Waals surface area contributed by atoms with Crippen molar-refractivity contribution in [2.45, 2.75) is 33.1 Å². The number of benzene rings is 1. The van der Waals surface area contributed by atoms with Crippen LogP contribution in [0.1, 0.15) is 34.7 Å². The van der Waals surface area contributed by atoms with Gasteiger partial charge < -0.3 is 10.6 Å². The van der Waals surface area contributed by atoms with E-state index in [-0.39, 0.29) is 24.0 Å². The first-order valence-electron chi connectivity index (χ1n) is 8.00. The maximum absolute atomic E-state index is 4.47. The van der Waals surface area contributed by atoms with Gasteiger partial charge in [0.1, 0.15) is 0 Å². The van der Waals surface area contributed by atoms with Crippen molar-refractivity contribution in [1.82, 2.24) is 15.6 Å². The molecule has 4 nitrogen and oxygen atoms in total. The molecule has 1 aromatic heterocycles. The van der Waals surface area contributed by atoms with E-state index in [0.29, 0.717) is 5.92 Å². The van der Waals surface area contributed by atoms with E-state index in [1.54, 1.807) is 18.4 Å². The molecule has 0 saturated carbocycles. The molecule has 0 bridgehead atoms. The average Bonchev–Trinajstić information content (AvgIpc) is 2.96. The van der Waals surface area contributed by atoms with E-state index in [2.05, 4.69) is 64.1 Å². The number of rotatable bonds is 6. The van der Waals surface area contributed by atoms with Crippen molar-refractivity contribution in [3.8, 4) is 0 Å². The van der Waals surface area contributed by atoms with Gasteiger partial charge in [-0.05, 0) is 25.3 Å². The lowest BCUT2D eigenvalue weighted by molar-refractivity contribution is 0.696. The van der Waals surface area contributed by atoms with E-state index in [9.17, 15) is 0 Å². The maximum Gasteiger partial charge on any atom is 0.191 e. The molecule has 2 aromatic rings. The summed E-state index contributed by atoms with van der Waals surface area (Å²) < 4.78 is 0. The van der Waals surface area contributed by atoms with Crippen LogP contribution in [0.25, 0.3) is 0 Å². The number of hydrogen-bond acceptors (Lipinski definition) is 3. The van der Waals surface area contributed by atoms with Gasteiger partial charge in [-0.1, -0.05) is 36.8 Å². The molecule has 2 N–H and O–H groups in total. The van der Waals surface area contributed by atoms with Crippen LogP contribution in [0.5, 0.6) is 0 Å². The molecule has 0 radical (unpaired) electrons. The first kappa shape index (κ1) is 20.9. The van der Waals surface area contributed by atoms with Crippen LogP contribution in [-0.4, -0.2) is 31.1 Å². The Kier molecular flexibility index (Phi) is 9.28. The fraction of sp³-hybridized carbons (Fsp3) is 0.444. The van der Waals surface area contributed by atoms with Gasteiger partial charge in [0.25, 0.3) is 0 Å². The Bertz CT molecular complexity index is 637. The van der Waals surface area contributed by atoms with Gasteiger partial charge in [-0.15, -0.1) is 35.3 Å². The van der Waals surface area contributed by atoms with Gasteiger partial charge in [0.2, 0.25) is 0 Å². The van der Waals surface area contributed by atoms with E-state index in [4.69, 9.17) is 0 Å². The number of thiazole rings is 1. The summed E-state index contributed by atoms with van der Waals surface area (Å²) in [5.41, 5.74) is 3.78. The van der Waals surface area contributed by atoms with Crippen molar-refractivity contribution in [3.05, 3.63) is 51.5 Å². The number of halogens is 1. The predicted octanol–water partition coefficient (Wildman–Crippen LogP) is 3.89. The first-order valence-corrected chi connectivity index (χ1v) is 8.88. The molecule has 0 fully saturated rings. The summed E-state index contributed by atoms with van der Waals surface area (Å²) in [5.74, 6) is 1.28. The van der Waals surface area contributed by atoms with Crippen LogP contribution in [0.15, 0.2) is 34.6 Å². The molecule has 6 heteroatoms. The second kappa shape index (κ2) is 10.7. The number of aryl methyl sites for hydroxylation is 2. The highest BCUT2D eigenvalue weighted by molar-refractivity contribution is 14.0. The van der Waals surface area contributed by atoms with Crippen molar-refractivity contribution < 1.29 is 0 Å². The van der Waals surface area contributed by atoms with Crippen LogP contribution in [0, 0.1) is 13.8 Å². The minimum atomic E-state index is 0. The summed E-state index contributed by atoms with van der Waals surface area (Å²) in [4.78, 5) is 8.75. The monoisotopic (exact) mass is 458 g/mol.